The minimum absolute atomic E-state index is 0.151. The Hall–Kier alpha value is -1.21. The first-order valence-electron chi connectivity index (χ1n) is 8.87. The molecule has 1 aromatic rings. The number of carbonyl (C=O) groups excluding carboxylic acids is 3. The summed E-state index contributed by atoms with van der Waals surface area (Å²) in [6, 6.07) is 6.49. The van der Waals surface area contributed by atoms with Gasteiger partial charge >= 0.3 is 5.97 Å². The lowest BCUT2D eigenvalue weighted by Gasteiger charge is -2.29. The number of unbranched alkanes of at least 4 members (excludes halogenated alkanes) is 1. The van der Waals surface area contributed by atoms with Gasteiger partial charge in [-0.3, -0.25) is 14.5 Å². The molecule has 1 heterocycles. The van der Waals surface area contributed by atoms with Crippen molar-refractivity contribution in [2.24, 2.45) is 11.8 Å². The molecule has 4 atom stereocenters. The Labute approximate surface area is 169 Å². The van der Waals surface area contributed by atoms with Crippen LogP contribution in [0, 0.1) is 11.8 Å². The Bertz CT molecular complexity index is 678. The van der Waals surface area contributed by atoms with E-state index in [1.165, 1.54) is 4.90 Å². The van der Waals surface area contributed by atoms with Gasteiger partial charge in [-0.25, -0.2) is 4.79 Å². The third-order valence-electron chi connectivity index (χ3n) is 5.00. The van der Waals surface area contributed by atoms with Crippen LogP contribution in [0.1, 0.15) is 43.0 Å². The molecular formula is C19H21Br2NO4. The number of rotatable bonds is 5. The number of hydrogen-bond acceptors (Lipinski definition) is 4. The molecule has 0 N–H and O–H groups in total. The Kier molecular flexibility index (Phi) is 6.17. The summed E-state index contributed by atoms with van der Waals surface area (Å²) in [7, 11) is 0. The molecule has 26 heavy (non-hydrogen) atoms. The molecule has 7 heteroatoms. The van der Waals surface area contributed by atoms with Gasteiger partial charge < -0.3 is 4.74 Å². The molecule has 1 aliphatic carbocycles. The van der Waals surface area contributed by atoms with Gasteiger partial charge in [0.15, 0.2) is 0 Å². The summed E-state index contributed by atoms with van der Waals surface area (Å²) in [5, 5.41) is 0. The van der Waals surface area contributed by atoms with E-state index < -0.39 is 0 Å². The number of amides is 2. The van der Waals surface area contributed by atoms with Crippen LogP contribution in [0.15, 0.2) is 24.3 Å². The first-order valence-corrected chi connectivity index (χ1v) is 10.7. The minimum Gasteiger partial charge on any atom is -0.462 e. The van der Waals surface area contributed by atoms with Gasteiger partial charge in [0.2, 0.25) is 11.8 Å². The number of esters is 1. The van der Waals surface area contributed by atoms with E-state index in [1.807, 2.05) is 6.92 Å². The maximum atomic E-state index is 12.8. The molecule has 0 aromatic heterocycles. The van der Waals surface area contributed by atoms with Crippen LogP contribution < -0.4 is 4.90 Å². The topological polar surface area (TPSA) is 63.7 Å². The number of ether oxygens (including phenoxy) is 1. The Morgan fingerprint density at radius 2 is 1.62 bits per heavy atom. The standard InChI is InChI=1S/C19H21Br2NO4/c1-2-3-8-26-19(25)11-4-6-12(7-5-11)22-17(23)13-9-15(20)16(21)10-14(13)18(22)24/h4-7,13-16H,2-3,8-10H2,1H3/t13-,14+,15+,16-. The molecule has 140 valence electrons. The lowest BCUT2D eigenvalue weighted by Crippen LogP contribution is -2.34. The zero-order chi connectivity index (χ0) is 18.8. The number of hydrogen-bond donors (Lipinski definition) is 0. The van der Waals surface area contributed by atoms with E-state index in [1.54, 1.807) is 24.3 Å². The van der Waals surface area contributed by atoms with Gasteiger partial charge in [-0.05, 0) is 43.5 Å². The summed E-state index contributed by atoms with van der Waals surface area (Å²) in [6.07, 6.45) is 3.07. The monoisotopic (exact) mass is 485 g/mol. The number of imide groups is 1. The Morgan fingerprint density at radius 1 is 1.08 bits per heavy atom. The fourth-order valence-electron chi connectivity index (χ4n) is 3.49. The predicted molar refractivity (Wildman–Crippen MR) is 106 cm³/mol. The molecule has 3 rings (SSSR count). The molecule has 1 saturated heterocycles. The van der Waals surface area contributed by atoms with Crippen LogP contribution >= 0.6 is 31.9 Å². The van der Waals surface area contributed by atoms with Crippen molar-refractivity contribution in [1.29, 1.82) is 0 Å². The van der Waals surface area contributed by atoms with E-state index in [9.17, 15) is 14.4 Å². The van der Waals surface area contributed by atoms with E-state index in [0.717, 1.165) is 12.8 Å². The highest BCUT2D eigenvalue weighted by Gasteiger charge is 2.52. The fraction of sp³-hybridized carbons (Fsp3) is 0.526. The highest BCUT2D eigenvalue weighted by molar-refractivity contribution is 9.12. The van der Waals surface area contributed by atoms with Crippen molar-refractivity contribution < 1.29 is 19.1 Å². The number of anilines is 1. The van der Waals surface area contributed by atoms with Crippen molar-refractivity contribution in [3.8, 4) is 0 Å². The zero-order valence-electron chi connectivity index (χ0n) is 14.5. The van der Waals surface area contributed by atoms with E-state index >= 15 is 0 Å². The highest BCUT2D eigenvalue weighted by atomic mass is 79.9. The van der Waals surface area contributed by atoms with Crippen LogP contribution in [0.2, 0.25) is 0 Å². The second-order valence-electron chi connectivity index (χ2n) is 6.76. The number of fused-ring (bicyclic) bond motifs is 1. The summed E-state index contributed by atoms with van der Waals surface area (Å²) >= 11 is 7.17. The highest BCUT2D eigenvalue weighted by Crippen LogP contribution is 2.44. The maximum absolute atomic E-state index is 12.8. The molecule has 0 radical (unpaired) electrons. The van der Waals surface area contributed by atoms with Crippen molar-refractivity contribution in [2.75, 3.05) is 11.5 Å². The first-order chi connectivity index (χ1) is 12.4. The molecule has 0 unspecified atom stereocenters. The molecule has 2 aliphatic rings. The van der Waals surface area contributed by atoms with Crippen LogP contribution in [0.25, 0.3) is 0 Å². The lowest BCUT2D eigenvalue weighted by atomic mass is 9.81. The second kappa shape index (κ2) is 8.21. The van der Waals surface area contributed by atoms with Gasteiger partial charge in [-0.1, -0.05) is 45.2 Å². The average molecular weight is 487 g/mol. The SMILES string of the molecule is CCCCOC(=O)c1ccc(N2C(=O)[C@H]3C[C@@H](Br)[C@@H](Br)C[C@H]3C2=O)cc1. The largest absolute Gasteiger partial charge is 0.462 e. The van der Waals surface area contributed by atoms with Crippen LogP contribution in [0.5, 0.6) is 0 Å². The third kappa shape index (κ3) is 3.74. The van der Waals surface area contributed by atoms with Crippen LogP contribution in [0.4, 0.5) is 5.69 Å². The molecule has 5 nitrogen and oxygen atoms in total. The molecule has 0 bridgehead atoms. The Balaban J connectivity index is 1.74. The number of benzene rings is 1. The minimum atomic E-state index is -0.387. The van der Waals surface area contributed by atoms with Crippen molar-refractivity contribution >= 4 is 55.3 Å². The molecule has 2 fully saturated rings. The molecule has 1 saturated carbocycles. The fourth-order valence-corrected chi connectivity index (χ4v) is 4.73. The van der Waals surface area contributed by atoms with Crippen molar-refractivity contribution in [3.05, 3.63) is 29.8 Å². The van der Waals surface area contributed by atoms with Gasteiger partial charge in [-0.15, -0.1) is 0 Å². The van der Waals surface area contributed by atoms with Gasteiger partial charge in [0.25, 0.3) is 0 Å². The zero-order valence-corrected chi connectivity index (χ0v) is 17.7. The van der Waals surface area contributed by atoms with Crippen LogP contribution in [-0.2, 0) is 14.3 Å². The van der Waals surface area contributed by atoms with Gasteiger partial charge in [-0.2, -0.15) is 0 Å². The summed E-state index contributed by atoms with van der Waals surface area (Å²) in [5.74, 6) is -1.25. The normalized spacial score (nSPS) is 28.2. The van der Waals surface area contributed by atoms with Gasteiger partial charge in [0.1, 0.15) is 0 Å². The van der Waals surface area contributed by atoms with E-state index in [-0.39, 0.29) is 39.3 Å². The summed E-state index contributed by atoms with van der Waals surface area (Å²) in [4.78, 5) is 39.2. The number of carbonyl (C=O) groups is 3. The predicted octanol–water partition coefficient (Wildman–Crippen LogP) is 4.07. The van der Waals surface area contributed by atoms with Crippen LogP contribution in [0.3, 0.4) is 0 Å². The molecule has 1 aromatic carbocycles. The van der Waals surface area contributed by atoms with E-state index in [4.69, 9.17) is 4.74 Å². The van der Waals surface area contributed by atoms with E-state index in [0.29, 0.717) is 30.7 Å². The number of alkyl halides is 2. The number of halogens is 2. The van der Waals surface area contributed by atoms with E-state index in [2.05, 4.69) is 31.9 Å². The second-order valence-corrected chi connectivity index (χ2v) is 9.12. The van der Waals surface area contributed by atoms with Crippen molar-refractivity contribution in [3.63, 3.8) is 0 Å². The van der Waals surface area contributed by atoms with Gasteiger partial charge in [0, 0.05) is 9.65 Å². The smallest absolute Gasteiger partial charge is 0.338 e. The van der Waals surface area contributed by atoms with Crippen LogP contribution in [-0.4, -0.2) is 34.0 Å². The molecule has 0 spiro atoms. The van der Waals surface area contributed by atoms with Crippen molar-refractivity contribution in [1.82, 2.24) is 0 Å². The Morgan fingerprint density at radius 3 is 2.12 bits per heavy atom. The quantitative estimate of drug-likeness (QED) is 0.272. The number of nitrogens with zero attached hydrogens (tertiary/aromatic N) is 1. The van der Waals surface area contributed by atoms with Crippen molar-refractivity contribution in [2.45, 2.75) is 42.3 Å². The average Bonchev–Trinajstić information content (AvgIpc) is 2.86. The summed E-state index contributed by atoms with van der Waals surface area (Å²) in [6.45, 7) is 2.42. The summed E-state index contributed by atoms with van der Waals surface area (Å²) < 4.78 is 5.18. The maximum Gasteiger partial charge on any atom is 0.338 e. The summed E-state index contributed by atoms with van der Waals surface area (Å²) in [5.41, 5.74) is 0.930. The first kappa shape index (κ1) is 19.5. The molecule has 1 aliphatic heterocycles. The molecule has 2 amide bonds. The van der Waals surface area contributed by atoms with Gasteiger partial charge in [0.05, 0.1) is 29.7 Å². The lowest BCUT2D eigenvalue weighted by molar-refractivity contribution is -0.122. The third-order valence-corrected chi connectivity index (χ3v) is 7.74. The molecular weight excluding hydrogens is 466 g/mol.